The molecule has 3 N–H and O–H groups in total. The number of carboxylic acid groups (broad SMARTS) is 1. The lowest BCUT2D eigenvalue weighted by Crippen LogP contribution is -2.25. The van der Waals surface area contributed by atoms with E-state index in [4.69, 9.17) is 10.8 Å². The molecule has 1 rings (SSSR count). The van der Waals surface area contributed by atoms with Gasteiger partial charge in [-0.2, -0.15) is 26.3 Å². The topological polar surface area (TPSA) is 63.3 Å². The van der Waals surface area contributed by atoms with E-state index in [0.29, 0.717) is 12.1 Å². The number of carbonyl (C=O) groups is 1. The van der Waals surface area contributed by atoms with Crippen molar-refractivity contribution in [2.75, 3.05) is 6.54 Å². The van der Waals surface area contributed by atoms with E-state index in [1.54, 1.807) is 0 Å². The Morgan fingerprint density at radius 2 is 1.45 bits per heavy atom. The van der Waals surface area contributed by atoms with Gasteiger partial charge < -0.3 is 10.8 Å². The Labute approximate surface area is 127 Å². The summed E-state index contributed by atoms with van der Waals surface area (Å²) in [6, 6.07) is 0.989. The van der Waals surface area contributed by atoms with Crippen molar-refractivity contribution < 1.29 is 36.2 Å². The van der Waals surface area contributed by atoms with Crippen LogP contribution in [0.5, 0.6) is 0 Å². The van der Waals surface area contributed by atoms with Gasteiger partial charge in [-0.15, -0.1) is 12.4 Å². The number of benzene rings is 1. The maximum atomic E-state index is 12.6. The number of halogens is 7. The van der Waals surface area contributed by atoms with Gasteiger partial charge in [-0.3, -0.25) is 4.79 Å². The van der Waals surface area contributed by atoms with Crippen LogP contribution in [0.2, 0.25) is 0 Å². The Balaban J connectivity index is 0.00000441. The van der Waals surface area contributed by atoms with Gasteiger partial charge in [0.05, 0.1) is 17.0 Å². The zero-order valence-corrected chi connectivity index (χ0v) is 11.6. The van der Waals surface area contributed by atoms with E-state index in [9.17, 15) is 31.1 Å². The maximum absolute atomic E-state index is 12.6. The number of hydrogen-bond acceptors (Lipinski definition) is 2. The van der Waals surface area contributed by atoms with Crippen molar-refractivity contribution in [3.05, 3.63) is 34.9 Å². The molecule has 1 aromatic carbocycles. The van der Waals surface area contributed by atoms with Crippen molar-refractivity contribution in [2.24, 2.45) is 11.7 Å². The van der Waals surface area contributed by atoms with Gasteiger partial charge in [-0.05, 0) is 30.2 Å². The summed E-state index contributed by atoms with van der Waals surface area (Å²) in [4.78, 5) is 10.8. The molecule has 0 aromatic heterocycles. The molecule has 10 heteroatoms. The van der Waals surface area contributed by atoms with Gasteiger partial charge in [0, 0.05) is 6.54 Å². The number of nitrogens with two attached hydrogens (primary N) is 1. The lowest BCUT2D eigenvalue weighted by molar-refractivity contribution is -0.143. The average Bonchev–Trinajstić information content (AvgIpc) is 2.33. The molecule has 0 spiro atoms. The van der Waals surface area contributed by atoms with Crippen LogP contribution < -0.4 is 5.73 Å². The molecule has 0 saturated carbocycles. The van der Waals surface area contributed by atoms with E-state index in [2.05, 4.69) is 0 Å². The summed E-state index contributed by atoms with van der Waals surface area (Å²) in [5.41, 5.74) is 1.81. The highest BCUT2D eigenvalue weighted by atomic mass is 35.5. The van der Waals surface area contributed by atoms with Gasteiger partial charge in [0.15, 0.2) is 0 Å². The van der Waals surface area contributed by atoms with Gasteiger partial charge in [0.25, 0.3) is 0 Å². The first kappa shape index (κ1) is 20.5. The number of alkyl halides is 6. The Morgan fingerprint density at radius 3 is 1.73 bits per heavy atom. The van der Waals surface area contributed by atoms with E-state index < -0.39 is 48.3 Å². The highest BCUT2D eigenvalue weighted by Crippen LogP contribution is 2.36. The third kappa shape index (κ3) is 5.38. The Kier molecular flexibility index (Phi) is 6.70. The lowest BCUT2D eigenvalue weighted by atomic mass is 9.96. The van der Waals surface area contributed by atoms with Crippen LogP contribution in [0.1, 0.15) is 16.7 Å². The Morgan fingerprint density at radius 1 is 1.05 bits per heavy atom. The average molecular weight is 352 g/mol. The predicted molar refractivity (Wildman–Crippen MR) is 67.6 cm³/mol. The molecule has 0 unspecified atom stereocenters. The fourth-order valence-electron chi connectivity index (χ4n) is 1.69. The molecule has 0 aliphatic heterocycles. The normalized spacial score (nSPS) is 13.4. The second-order valence-corrected chi connectivity index (χ2v) is 4.39. The molecule has 0 fully saturated rings. The molecule has 126 valence electrons. The smallest absolute Gasteiger partial charge is 0.416 e. The maximum Gasteiger partial charge on any atom is 0.416 e. The van der Waals surface area contributed by atoms with Crippen molar-refractivity contribution in [1.82, 2.24) is 0 Å². The number of rotatable bonds is 4. The largest absolute Gasteiger partial charge is 0.481 e. The summed E-state index contributed by atoms with van der Waals surface area (Å²) < 4.78 is 75.6. The van der Waals surface area contributed by atoms with Gasteiger partial charge in [0.1, 0.15) is 0 Å². The fraction of sp³-hybridized carbons (Fsp3) is 0.417. The summed E-state index contributed by atoms with van der Waals surface area (Å²) in [6.07, 6.45) is -10.4. The van der Waals surface area contributed by atoms with E-state index in [0.717, 1.165) is 0 Å². The fourth-order valence-corrected chi connectivity index (χ4v) is 1.69. The van der Waals surface area contributed by atoms with Crippen LogP contribution in [-0.4, -0.2) is 17.6 Å². The van der Waals surface area contributed by atoms with Gasteiger partial charge in [-0.25, -0.2) is 0 Å². The quantitative estimate of drug-likeness (QED) is 0.818. The van der Waals surface area contributed by atoms with Crippen LogP contribution in [0.4, 0.5) is 26.3 Å². The van der Waals surface area contributed by atoms with Crippen molar-refractivity contribution in [3.8, 4) is 0 Å². The molecule has 0 aliphatic carbocycles. The van der Waals surface area contributed by atoms with Gasteiger partial charge in [0.2, 0.25) is 0 Å². The highest BCUT2D eigenvalue weighted by molar-refractivity contribution is 5.85. The molecule has 0 aliphatic rings. The minimum atomic E-state index is -4.96. The molecule has 0 radical (unpaired) electrons. The first-order valence-corrected chi connectivity index (χ1v) is 5.66. The van der Waals surface area contributed by atoms with E-state index >= 15 is 0 Å². The zero-order chi connectivity index (χ0) is 16.4. The van der Waals surface area contributed by atoms with Crippen molar-refractivity contribution in [2.45, 2.75) is 18.8 Å². The van der Waals surface area contributed by atoms with E-state index in [1.807, 2.05) is 0 Å². The Bertz CT molecular complexity index is 497. The highest BCUT2D eigenvalue weighted by Gasteiger charge is 2.37. The van der Waals surface area contributed by atoms with E-state index in [1.165, 1.54) is 0 Å². The monoisotopic (exact) mass is 351 g/mol. The first-order chi connectivity index (χ1) is 9.45. The third-order valence-corrected chi connectivity index (χ3v) is 2.76. The molecule has 0 amide bonds. The number of hydrogen-bond donors (Lipinski definition) is 2. The lowest BCUT2D eigenvalue weighted by Gasteiger charge is -2.16. The van der Waals surface area contributed by atoms with Crippen LogP contribution in [0, 0.1) is 5.92 Å². The third-order valence-electron chi connectivity index (χ3n) is 2.76. The van der Waals surface area contributed by atoms with Crippen molar-refractivity contribution in [3.63, 3.8) is 0 Å². The summed E-state index contributed by atoms with van der Waals surface area (Å²) in [5, 5.41) is 8.77. The molecule has 0 heterocycles. The van der Waals surface area contributed by atoms with Crippen LogP contribution >= 0.6 is 12.4 Å². The zero-order valence-electron chi connectivity index (χ0n) is 10.8. The van der Waals surface area contributed by atoms with Gasteiger partial charge in [-0.1, -0.05) is 0 Å². The standard InChI is InChI=1S/C12H11F6NO2.ClH/c13-11(14,15)8-2-6(1-7(5-19)10(20)21)3-9(4-8)12(16,17)18;/h2-4,7H,1,5,19H2,(H,20,21);1H/t7-;/m1./s1. The summed E-state index contributed by atoms with van der Waals surface area (Å²) >= 11 is 0. The molecule has 22 heavy (non-hydrogen) atoms. The molecule has 3 nitrogen and oxygen atoms in total. The SMILES string of the molecule is Cl.NC[C@@H](Cc1cc(C(F)(F)F)cc(C(F)(F)F)c1)C(=O)O. The van der Waals surface area contributed by atoms with Crippen molar-refractivity contribution in [1.29, 1.82) is 0 Å². The molecular weight excluding hydrogens is 340 g/mol. The second-order valence-electron chi connectivity index (χ2n) is 4.39. The van der Waals surface area contributed by atoms with Crippen molar-refractivity contribution >= 4 is 18.4 Å². The second kappa shape index (κ2) is 7.19. The molecule has 0 saturated heterocycles. The molecule has 0 bridgehead atoms. The molecular formula is C12H12ClF6NO2. The minimum Gasteiger partial charge on any atom is -0.481 e. The van der Waals surface area contributed by atoms with E-state index in [-0.39, 0.29) is 24.0 Å². The summed E-state index contributed by atoms with van der Waals surface area (Å²) in [5.74, 6) is -2.64. The summed E-state index contributed by atoms with van der Waals surface area (Å²) in [6.45, 7) is -0.396. The molecule has 1 aromatic rings. The number of aliphatic carboxylic acids is 1. The van der Waals surface area contributed by atoms with Crippen LogP contribution in [0.3, 0.4) is 0 Å². The van der Waals surface area contributed by atoms with Crippen LogP contribution in [0.25, 0.3) is 0 Å². The molecule has 1 atom stereocenters. The van der Waals surface area contributed by atoms with Gasteiger partial charge >= 0.3 is 18.3 Å². The summed E-state index contributed by atoms with van der Waals surface area (Å²) in [7, 11) is 0. The predicted octanol–water partition coefficient (Wildman–Crippen LogP) is 3.35. The van der Waals surface area contributed by atoms with Crippen LogP contribution in [-0.2, 0) is 23.6 Å². The van der Waals surface area contributed by atoms with Crippen LogP contribution in [0.15, 0.2) is 18.2 Å². The minimum absolute atomic E-state index is 0. The number of carboxylic acids is 1. The Hall–Kier alpha value is -1.48. The first-order valence-electron chi connectivity index (χ1n) is 5.66.